The molecule has 0 spiro atoms. The van der Waals surface area contributed by atoms with Gasteiger partial charge in [0.25, 0.3) is 11.1 Å². The minimum Gasteiger partial charge on any atom is -0.506 e. The summed E-state index contributed by atoms with van der Waals surface area (Å²) in [5, 5.41) is 28.0. The molecule has 2 N–H and O–H groups in total. The summed E-state index contributed by atoms with van der Waals surface area (Å²) >= 11 is 13.3. The zero-order valence-corrected chi connectivity index (χ0v) is 19.3. The lowest BCUT2D eigenvalue weighted by Crippen LogP contribution is -1.97. The van der Waals surface area contributed by atoms with Crippen molar-refractivity contribution in [3.05, 3.63) is 54.8 Å². The van der Waals surface area contributed by atoms with Gasteiger partial charge in [-0.1, -0.05) is 27.5 Å². The molecule has 1 aromatic heterocycles. The van der Waals surface area contributed by atoms with Gasteiger partial charge in [0.2, 0.25) is 0 Å². The molecule has 3 aromatic rings. The summed E-state index contributed by atoms with van der Waals surface area (Å²) in [5.41, 5.74) is 0.779. The van der Waals surface area contributed by atoms with Gasteiger partial charge in [-0.3, -0.25) is 0 Å². The molecule has 2 aromatic carbocycles. The van der Waals surface area contributed by atoms with Gasteiger partial charge in [0.1, 0.15) is 16.4 Å². The van der Waals surface area contributed by atoms with Crippen molar-refractivity contribution in [3.8, 4) is 23.0 Å². The van der Waals surface area contributed by atoms with E-state index in [-0.39, 0.29) is 21.8 Å². The topological polar surface area (TPSA) is 106 Å². The van der Waals surface area contributed by atoms with Gasteiger partial charge in [0, 0.05) is 15.1 Å². The van der Waals surface area contributed by atoms with Crippen LogP contribution in [0.4, 0.5) is 0 Å². The number of hydrogen-bond acceptors (Lipinski definition) is 7. The van der Waals surface area contributed by atoms with Crippen LogP contribution in [0, 0.1) is 0 Å². The molecule has 150 valence electrons. The summed E-state index contributed by atoms with van der Waals surface area (Å²) in [6, 6.07) is 8.14. The largest absolute Gasteiger partial charge is 0.506 e. The number of ether oxygens (including phenoxy) is 1. The fourth-order valence-corrected chi connectivity index (χ4v) is 4.37. The van der Waals surface area contributed by atoms with Crippen LogP contribution in [0.5, 0.6) is 11.5 Å². The average Bonchev–Trinajstić information content (AvgIpc) is 3.13. The van der Waals surface area contributed by atoms with E-state index in [0.29, 0.717) is 30.8 Å². The Morgan fingerprint density at radius 3 is 2.72 bits per heavy atom. The van der Waals surface area contributed by atoms with E-state index in [0.717, 1.165) is 11.8 Å². The maximum Gasteiger partial charge on any atom is 0.342 e. The summed E-state index contributed by atoms with van der Waals surface area (Å²) in [4.78, 5) is 11.6. The maximum atomic E-state index is 11.7. The van der Waals surface area contributed by atoms with Crippen LogP contribution in [-0.4, -0.2) is 33.5 Å². The number of phenols is 1. The first kappa shape index (κ1) is 21.7. The fourth-order valence-electron chi connectivity index (χ4n) is 2.27. The molecule has 3 rings (SSSR count). The number of thioether (sulfide) groups is 1. The molecule has 7 nitrogen and oxygen atoms in total. The second-order valence-electron chi connectivity index (χ2n) is 5.46. The number of nitrogens with zero attached hydrogens (tertiary/aromatic N) is 2. The molecular weight excluding hydrogens is 552 g/mol. The van der Waals surface area contributed by atoms with Crippen molar-refractivity contribution in [1.82, 2.24) is 10.2 Å². The summed E-state index contributed by atoms with van der Waals surface area (Å²) in [6.07, 6.45) is 1.31. The highest BCUT2D eigenvalue weighted by Gasteiger charge is 2.19. The van der Waals surface area contributed by atoms with Gasteiger partial charge in [0.05, 0.1) is 17.1 Å². The Balaban J connectivity index is 1.95. The Labute approximate surface area is 191 Å². The highest BCUT2D eigenvalue weighted by Crippen LogP contribution is 2.37. The molecule has 0 radical (unpaired) electrons. The van der Waals surface area contributed by atoms with Crippen molar-refractivity contribution in [2.75, 3.05) is 7.11 Å². The highest BCUT2D eigenvalue weighted by molar-refractivity contribution is 9.11. The van der Waals surface area contributed by atoms with Crippen molar-refractivity contribution in [2.45, 2.75) is 5.22 Å². The molecule has 11 heteroatoms. The molecule has 0 atom stereocenters. The summed E-state index contributed by atoms with van der Waals surface area (Å²) in [7, 11) is 1.49. The van der Waals surface area contributed by atoms with Crippen LogP contribution in [-0.2, 0) is 4.79 Å². The third kappa shape index (κ3) is 5.13. The first-order valence-electron chi connectivity index (χ1n) is 7.76. The van der Waals surface area contributed by atoms with Crippen LogP contribution >= 0.6 is 55.2 Å². The minimum absolute atomic E-state index is 0.00392. The zero-order chi connectivity index (χ0) is 21.1. The Bertz CT molecular complexity index is 1120. The van der Waals surface area contributed by atoms with E-state index in [1.165, 1.54) is 13.2 Å². The molecule has 0 unspecified atom stereocenters. The number of benzene rings is 2. The number of carboxylic acids is 1. The van der Waals surface area contributed by atoms with E-state index in [2.05, 4.69) is 42.1 Å². The fraction of sp³-hybridized carbons (Fsp3) is 0.0556. The quantitative estimate of drug-likeness (QED) is 0.285. The molecule has 0 bridgehead atoms. The van der Waals surface area contributed by atoms with Crippen LogP contribution in [0.1, 0.15) is 5.56 Å². The molecular formula is C18H11Br2ClN2O5S. The Hall–Kier alpha value is -2.01. The standard InChI is InChI=1S/C18H11Br2ClN2O5S/c1-27-13-3-2-10(21)7-11(13)16-22-23-18(28-16)29-14(17(25)26)5-8-4-9(19)6-12(20)15(8)24/h2-7,24H,1H3,(H,25,26)/b14-5-. The zero-order valence-electron chi connectivity index (χ0n) is 14.5. The van der Waals surface area contributed by atoms with Gasteiger partial charge in [-0.05, 0) is 64.1 Å². The predicted octanol–water partition coefficient (Wildman–Crippen LogP) is 5.85. The van der Waals surface area contributed by atoms with E-state index in [1.54, 1.807) is 30.3 Å². The lowest BCUT2D eigenvalue weighted by atomic mass is 10.2. The minimum atomic E-state index is -1.22. The number of carboxylic acid groups (broad SMARTS) is 1. The normalized spacial score (nSPS) is 11.5. The number of carbonyl (C=O) groups is 1. The van der Waals surface area contributed by atoms with Crippen LogP contribution in [0.15, 0.2) is 53.8 Å². The maximum absolute atomic E-state index is 11.7. The van der Waals surface area contributed by atoms with Gasteiger partial charge in [-0.15, -0.1) is 10.2 Å². The number of hydrogen-bond donors (Lipinski definition) is 2. The molecule has 1 heterocycles. The number of aromatic nitrogens is 2. The van der Waals surface area contributed by atoms with Crippen LogP contribution < -0.4 is 4.74 Å². The van der Waals surface area contributed by atoms with Crippen molar-refractivity contribution in [2.24, 2.45) is 0 Å². The second kappa shape index (κ2) is 9.21. The monoisotopic (exact) mass is 560 g/mol. The number of methoxy groups -OCH3 is 1. The second-order valence-corrected chi connectivity index (χ2v) is 8.66. The lowest BCUT2D eigenvalue weighted by molar-refractivity contribution is -0.131. The number of rotatable bonds is 6. The first-order valence-corrected chi connectivity index (χ1v) is 10.5. The average molecular weight is 563 g/mol. The van der Waals surface area contributed by atoms with Crippen LogP contribution in [0.3, 0.4) is 0 Å². The van der Waals surface area contributed by atoms with Gasteiger partial charge in [-0.25, -0.2) is 4.79 Å². The molecule has 0 saturated carbocycles. The van der Waals surface area contributed by atoms with Gasteiger partial charge >= 0.3 is 5.97 Å². The van der Waals surface area contributed by atoms with E-state index >= 15 is 0 Å². The van der Waals surface area contributed by atoms with Gasteiger partial charge in [-0.2, -0.15) is 0 Å². The number of aromatic hydroxyl groups is 1. The van der Waals surface area contributed by atoms with E-state index in [1.807, 2.05) is 0 Å². The molecule has 0 saturated heterocycles. The van der Waals surface area contributed by atoms with Crippen molar-refractivity contribution < 1.29 is 24.2 Å². The van der Waals surface area contributed by atoms with Crippen molar-refractivity contribution in [1.29, 1.82) is 0 Å². The lowest BCUT2D eigenvalue weighted by Gasteiger charge is -2.05. The van der Waals surface area contributed by atoms with E-state index in [9.17, 15) is 15.0 Å². The van der Waals surface area contributed by atoms with Crippen molar-refractivity contribution in [3.63, 3.8) is 0 Å². The predicted molar refractivity (Wildman–Crippen MR) is 116 cm³/mol. The summed E-state index contributed by atoms with van der Waals surface area (Å²) in [5.74, 6) is -0.704. The summed E-state index contributed by atoms with van der Waals surface area (Å²) in [6.45, 7) is 0. The van der Waals surface area contributed by atoms with E-state index in [4.69, 9.17) is 20.8 Å². The van der Waals surface area contributed by atoms with Crippen LogP contribution in [0.2, 0.25) is 5.02 Å². The molecule has 0 fully saturated rings. The SMILES string of the molecule is COc1ccc(Cl)cc1-c1nnc(S/C(=C\c2cc(Br)cc(Br)c2O)C(=O)O)o1. The smallest absolute Gasteiger partial charge is 0.342 e. The Morgan fingerprint density at radius 2 is 2.03 bits per heavy atom. The molecule has 0 amide bonds. The van der Waals surface area contributed by atoms with Gasteiger partial charge < -0.3 is 19.4 Å². The third-order valence-corrected chi connectivity index (χ3v) is 5.70. The Kier molecular flexibility index (Phi) is 6.89. The number of halogens is 3. The summed E-state index contributed by atoms with van der Waals surface area (Å²) < 4.78 is 11.9. The molecule has 29 heavy (non-hydrogen) atoms. The van der Waals surface area contributed by atoms with E-state index < -0.39 is 5.97 Å². The van der Waals surface area contributed by atoms with Gasteiger partial charge in [0.15, 0.2) is 0 Å². The molecule has 0 aliphatic heterocycles. The highest BCUT2D eigenvalue weighted by atomic mass is 79.9. The number of phenolic OH excluding ortho intramolecular Hbond substituents is 1. The molecule has 0 aliphatic rings. The first-order chi connectivity index (χ1) is 13.8. The third-order valence-electron chi connectivity index (χ3n) is 3.55. The Morgan fingerprint density at radius 1 is 1.28 bits per heavy atom. The van der Waals surface area contributed by atoms with Crippen molar-refractivity contribution >= 4 is 67.3 Å². The molecule has 0 aliphatic carbocycles. The number of aliphatic carboxylic acids is 1. The van der Waals surface area contributed by atoms with Crippen LogP contribution in [0.25, 0.3) is 17.5 Å².